The summed E-state index contributed by atoms with van der Waals surface area (Å²) in [6.45, 7) is 4.46. The molecule has 0 aliphatic rings. The Morgan fingerprint density at radius 2 is 1.86 bits per heavy atom. The summed E-state index contributed by atoms with van der Waals surface area (Å²) in [4.78, 5) is 0. The van der Waals surface area contributed by atoms with Gasteiger partial charge in [-0.2, -0.15) is 12.6 Å². The molecular formula is C13H16S. The first kappa shape index (κ1) is 11.2. The van der Waals surface area contributed by atoms with Crippen molar-refractivity contribution in [2.45, 2.75) is 20.3 Å². The van der Waals surface area contributed by atoms with Crippen LogP contribution in [0.5, 0.6) is 0 Å². The molecule has 0 heterocycles. The minimum absolute atomic E-state index is 0.619. The van der Waals surface area contributed by atoms with Crippen LogP contribution in [0, 0.1) is 17.8 Å². The van der Waals surface area contributed by atoms with Crippen molar-refractivity contribution in [1.82, 2.24) is 0 Å². The highest BCUT2D eigenvalue weighted by atomic mass is 32.1. The van der Waals surface area contributed by atoms with Crippen molar-refractivity contribution in [3.63, 3.8) is 0 Å². The summed E-state index contributed by atoms with van der Waals surface area (Å²) < 4.78 is 0. The first-order valence-corrected chi connectivity index (χ1v) is 5.54. The van der Waals surface area contributed by atoms with Gasteiger partial charge < -0.3 is 0 Å². The second-order valence-electron chi connectivity index (χ2n) is 3.75. The van der Waals surface area contributed by atoms with E-state index in [2.05, 4.69) is 62.6 Å². The Kier molecular flexibility index (Phi) is 4.62. The highest BCUT2D eigenvalue weighted by Gasteiger charge is 1.96. The van der Waals surface area contributed by atoms with E-state index in [1.807, 2.05) is 0 Å². The highest BCUT2D eigenvalue weighted by Crippen LogP contribution is 2.08. The Hall–Kier alpha value is -0.870. The van der Waals surface area contributed by atoms with Gasteiger partial charge in [0, 0.05) is 5.56 Å². The van der Waals surface area contributed by atoms with E-state index in [9.17, 15) is 0 Å². The number of thiol groups is 1. The van der Waals surface area contributed by atoms with Gasteiger partial charge in [-0.15, -0.1) is 0 Å². The van der Waals surface area contributed by atoms with Crippen LogP contribution < -0.4 is 0 Å². The van der Waals surface area contributed by atoms with Crippen LogP contribution in [0.1, 0.15) is 25.0 Å². The van der Waals surface area contributed by atoms with Gasteiger partial charge in [0.05, 0.1) is 5.75 Å². The fourth-order valence-electron chi connectivity index (χ4n) is 1.34. The Morgan fingerprint density at radius 1 is 1.21 bits per heavy atom. The van der Waals surface area contributed by atoms with Gasteiger partial charge in [-0.1, -0.05) is 37.8 Å². The molecule has 0 aliphatic heterocycles. The zero-order valence-corrected chi connectivity index (χ0v) is 9.64. The van der Waals surface area contributed by atoms with Crippen LogP contribution in [-0.2, 0) is 6.42 Å². The van der Waals surface area contributed by atoms with Gasteiger partial charge in [0.1, 0.15) is 0 Å². The van der Waals surface area contributed by atoms with E-state index in [-0.39, 0.29) is 0 Å². The fraction of sp³-hybridized carbons (Fsp3) is 0.385. The standard InChI is InChI=1S/C13H16S/c1-11(2)10-13-7-5-12(6-8-13)4-3-9-14/h5-8,11,14H,9-10H2,1-2H3. The smallest absolute Gasteiger partial charge is 0.0521 e. The maximum absolute atomic E-state index is 4.04. The average Bonchev–Trinajstić information content (AvgIpc) is 2.16. The van der Waals surface area contributed by atoms with E-state index >= 15 is 0 Å². The van der Waals surface area contributed by atoms with Crippen molar-refractivity contribution in [2.24, 2.45) is 5.92 Å². The molecule has 1 aromatic rings. The van der Waals surface area contributed by atoms with Crippen molar-refractivity contribution in [3.8, 4) is 11.8 Å². The summed E-state index contributed by atoms with van der Waals surface area (Å²) in [6, 6.07) is 8.47. The predicted octanol–water partition coefficient (Wildman–Crippen LogP) is 3.17. The first-order valence-electron chi connectivity index (χ1n) is 4.91. The lowest BCUT2D eigenvalue weighted by molar-refractivity contribution is 0.647. The first-order chi connectivity index (χ1) is 6.72. The van der Waals surface area contributed by atoms with Crippen LogP contribution >= 0.6 is 12.6 Å². The molecule has 0 bridgehead atoms. The van der Waals surface area contributed by atoms with E-state index in [4.69, 9.17) is 0 Å². The Morgan fingerprint density at radius 3 is 2.36 bits per heavy atom. The predicted molar refractivity (Wildman–Crippen MR) is 65.7 cm³/mol. The molecule has 14 heavy (non-hydrogen) atoms. The molecule has 0 N–H and O–H groups in total. The summed E-state index contributed by atoms with van der Waals surface area (Å²) in [5.74, 6) is 7.32. The van der Waals surface area contributed by atoms with Gasteiger partial charge >= 0.3 is 0 Å². The van der Waals surface area contributed by atoms with Crippen molar-refractivity contribution in [1.29, 1.82) is 0 Å². The summed E-state index contributed by atoms with van der Waals surface area (Å²) in [7, 11) is 0. The molecule has 0 fully saturated rings. The molecular weight excluding hydrogens is 188 g/mol. The van der Waals surface area contributed by atoms with Crippen LogP contribution in [0.25, 0.3) is 0 Å². The van der Waals surface area contributed by atoms with Crippen molar-refractivity contribution >= 4 is 12.6 Å². The lowest BCUT2D eigenvalue weighted by Gasteiger charge is -2.03. The van der Waals surface area contributed by atoms with Gasteiger partial charge in [-0.3, -0.25) is 0 Å². The SMILES string of the molecule is CC(C)Cc1ccc(C#CCS)cc1. The normalized spacial score (nSPS) is 9.71. The number of hydrogen-bond donors (Lipinski definition) is 1. The highest BCUT2D eigenvalue weighted by molar-refractivity contribution is 7.80. The molecule has 1 aromatic carbocycles. The fourth-order valence-corrected chi connectivity index (χ4v) is 1.42. The van der Waals surface area contributed by atoms with Crippen molar-refractivity contribution < 1.29 is 0 Å². The largest absolute Gasteiger partial charge is 0.166 e. The lowest BCUT2D eigenvalue weighted by Crippen LogP contribution is -1.93. The molecule has 0 amide bonds. The maximum atomic E-state index is 4.04. The molecule has 74 valence electrons. The van der Waals surface area contributed by atoms with Crippen molar-refractivity contribution in [3.05, 3.63) is 35.4 Å². The maximum Gasteiger partial charge on any atom is 0.0521 e. The van der Waals surface area contributed by atoms with Crippen LogP contribution in [0.15, 0.2) is 24.3 Å². The average molecular weight is 204 g/mol. The second kappa shape index (κ2) is 5.78. The number of rotatable bonds is 2. The van der Waals surface area contributed by atoms with E-state index in [1.54, 1.807) is 0 Å². The van der Waals surface area contributed by atoms with E-state index < -0.39 is 0 Å². The van der Waals surface area contributed by atoms with Crippen LogP contribution in [0.2, 0.25) is 0 Å². The van der Waals surface area contributed by atoms with Crippen LogP contribution in [0.3, 0.4) is 0 Å². The number of benzene rings is 1. The van der Waals surface area contributed by atoms with Gasteiger partial charge in [0.15, 0.2) is 0 Å². The molecule has 0 aliphatic carbocycles. The zero-order chi connectivity index (χ0) is 10.4. The summed E-state index contributed by atoms with van der Waals surface area (Å²) in [6.07, 6.45) is 1.14. The minimum Gasteiger partial charge on any atom is -0.166 e. The summed E-state index contributed by atoms with van der Waals surface area (Å²) in [5, 5.41) is 0. The monoisotopic (exact) mass is 204 g/mol. The molecule has 0 saturated heterocycles. The molecule has 0 spiro atoms. The molecule has 0 radical (unpaired) electrons. The molecule has 0 nitrogen and oxygen atoms in total. The van der Waals surface area contributed by atoms with Gasteiger partial charge in [-0.25, -0.2) is 0 Å². The summed E-state index contributed by atoms with van der Waals surface area (Å²) >= 11 is 4.04. The minimum atomic E-state index is 0.619. The third kappa shape index (κ3) is 3.89. The third-order valence-corrected chi connectivity index (χ3v) is 2.07. The molecule has 0 saturated carbocycles. The van der Waals surface area contributed by atoms with E-state index in [0.29, 0.717) is 11.7 Å². The second-order valence-corrected chi connectivity index (χ2v) is 4.07. The third-order valence-electron chi connectivity index (χ3n) is 1.91. The molecule has 1 rings (SSSR count). The van der Waals surface area contributed by atoms with E-state index in [0.717, 1.165) is 12.0 Å². The molecule has 0 unspecified atom stereocenters. The Bertz CT molecular complexity index is 324. The molecule has 0 aromatic heterocycles. The van der Waals surface area contributed by atoms with Gasteiger partial charge in [0.2, 0.25) is 0 Å². The van der Waals surface area contributed by atoms with Crippen LogP contribution in [0.4, 0.5) is 0 Å². The van der Waals surface area contributed by atoms with Gasteiger partial charge in [-0.05, 0) is 30.0 Å². The summed E-state index contributed by atoms with van der Waals surface area (Å²) in [5.41, 5.74) is 2.46. The Balaban J connectivity index is 2.68. The van der Waals surface area contributed by atoms with E-state index in [1.165, 1.54) is 5.56 Å². The zero-order valence-electron chi connectivity index (χ0n) is 8.75. The topological polar surface area (TPSA) is 0 Å². The van der Waals surface area contributed by atoms with Gasteiger partial charge in [0.25, 0.3) is 0 Å². The Labute approximate surface area is 92.1 Å². The lowest BCUT2D eigenvalue weighted by atomic mass is 10.0. The molecule has 1 heteroatoms. The molecule has 0 atom stereocenters. The van der Waals surface area contributed by atoms with Crippen molar-refractivity contribution in [2.75, 3.05) is 5.75 Å². The number of hydrogen-bond acceptors (Lipinski definition) is 1. The quantitative estimate of drug-likeness (QED) is 0.555. The van der Waals surface area contributed by atoms with Crippen LogP contribution in [-0.4, -0.2) is 5.75 Å².